The smallest absolute Gasteiger partial charge is 0.0681 e. The molecule has 1 atom stereocenters. The molecule has 2 nitrogen and oxygen atoms in total. The van der Waals surface area contributed by atoms with Gasteiger partial charge >= 0.3 is 0 Å². The zero-order valence-corrected chi connectivity index (χ0v) is 14.0. The average molecular weight is 421 g/mol. The number of hydrazine groups is 1. The van der Waals surface area contributed by atoms with Crippen molar-refractivity contribution >= 4 is 38.5 Å². The van der Waals surface area contributed by atoms with E-state index in [0.29, 0.717) is 0 Å². The van der Waals surface area contributed by atoms with Crippen LogP contribution in [-0.4, -0.2) is 0 Å². The number of halogens is 2. The van der Waals surface area contributed by atoms with Crippen LogP contribution in [0.1, 0.15) is 43.7 Å². The van der Waals surface area contributed by atoms with Gasteiger partial charge in [-0.05, 0) is 72.0 Å². The highest BCUT2D eigenvalue weighted by molar-refractivity contribution is 14.1. The Kier molecular flexibility index (Phi) is 5.66. The van der Waals surface area contributed by atoms with E-state index in [1.807, 2.05) is 0 Å². The van der Waals surface area contributed by atoms with Crippen molar-refractivity contribution in [1.82, 2.24) is 5.43 Å². The van der Waals surface area contributed by atoms with Crippen molar-refractivity contribution in [3.8, 4) is 0 Å². The van der Waals surface area contributed by atoms with Crippen molar-refractivity contribution < 1.29 is 0 Å². The molecule has 0 aromatic heterocycles. The second-order valence-corrected chi connectivity index (χ2v) is 6.74. The third kappa shape index (κ3) is 3.56. The third-order valence-corrected chi connectivity index (χ3v) is 4.78. The number of benzene rings is 1. The lowest BCUT2D eigenvalue weighted by atomic mass is 9.96. The minimum Gasteiger partial charge on any atom is -0.271 e. The summed E-state index contributed by atoms with van der Waals surface area (Å²) in [6, 6.07) is 6.52. The summed E-state index contributed by atoms with van der Waals surface area (Å²) in [6.45, 7) is 0. The van der Waals surface area contributed by atoms with E-state index in [-0.39, 0.29) is 6.04 Å². The summed E-state index contributed by atoms with van der Waals surface area (Å²) in [4.78, 5) is 0. The van der Waals surface area contributed by atoms with E-state index >= 15 is 0 Å². The van der Waals surface area contributed by atoms with Crippen LogP contribution >= 0.6 is 38.5 Å². The first-order valence-electron chi connectivity index (χ1n) is 6.32. The molecule has 0 aliphatic heterocycles. The van der Waals surface area contributed by atoms with Gasteiger partial charge in [-0.1, -0.05) is 34.0 Å². The van der Waals surface area contributed by atoms with Crippen LogP contribution in [0, 0.1) is 3.57 Å². The van der Waals surface area contributed by atoms with Gasteiger partial charge in [-0.15, -0.1) is 0 Å². The van der Waals surface area contributed by atoms with Gasteiger partial charge in [-0.25, -0.2) is 5.43 Å². The molecule has 0 spiro atoms. The van der Waals surface area contributed by atoms with Crippen molar-refractivity contribution in [1.29, 1.82) is 0 Å². The van der Waals surface area contributed by atoms with Gasteiger partial charge in [-0.3, -0.25) is 5.84 Å². The Bertz CT molecular complexity index is 445. The fraction of sp³-hybridized carbons (Fsp3) is 0.429. The summed E-state index contributed by atoms with van der Waals surface area (Å²) in [7, 11) is 0. The van der Waals surface area contributed by atoms with Gasteiger partial charge in [0.25, 0.3) is 0 Å². The number of rotatable bonds is 3. The van der Waals surface area contributed by atoms with Crippen LogP contribution in [0.5, 0.6) is 0 Å². The normalized spacial score (nSPS) is 18.1. The summed E-state index contributed by atoms with van der Waals surface area (Å²) in [5.74, 6) is 5.79. The van der Waals surface area contributed by atoms with Gasteiger partial charge in [0.1, 0.15) is 0 Å². The number of hydrogen-bond acceptors (Lipinski definition) is 2. The van der Waals surface area contributed by atoms with Crippen molar-refractivity contribution in [2.45, 2.75) is 38.1 Å². The van der Waals surface area contributed by atoms with E-state index in [1.54, 1.807) is 0 Å². The standard InChI is InChI=1S/C14H18BrIN2/c15-13-8-7-11(16)9-12(13)14(18-17)10-5-3-1-2-4-6-10/h5,7-9,14,18H,1-4,6,17H2. The molecule has 0 amide bonds. The van der Waals surface area contributed by atoms with Gasteiger partial charge in [0, 0.05) is 8.04 Å². The Morgan fingerprint density at radius 3 is 2.89 bits per heavy atom. The topological polar surface area (TPSA) is 38.0 Å². The summed E-state index contributed by atoms with van der Waals surface area (Å²) in [5, 5.41) is 0. The molecule has 0 bridgehead atoms. The molecule has 1 unspecified atom stereocenters. The van der Waals surface area contributed by atoms with Crippen molar-refractivity contribution in [3.63, 3.8) is 0 Å². The Balaban J connectivity index is 2.32. The lowest BCUT2D eigenvalue weighted by Crippen LogP contribution is -2.29. The van der Waals surface area contributed by atoms with E-state index in [1.165, 1.54) is 40.4 Å². The second kappa shape index (κ2) is 7.03. The predicted octanol–water partition coefficient (Wildman–Crippen LogP) is 4.45. The highest BCUT2D eigenvalue weighted by Crippen LogP contribution is 2.33. The fourth-order valence-corrected chi connectivity index (χ4v) is 3.43. The van der Waals surface area contributed by atoms with Gasteiger partial charge in [0.05, 0.1) is 6.04 Å². The number of nitrogens with two attached hydrogens (primary N) is 1. The first-order valence-corrected chi connectivity index (χ1v) is 8.19. The molecular formula is C14H18BrIN2. The third-order valence-electron chi connectivity index (χ3n) is 3.38. The zero-order chi connectivity index (χ0) is 13.0. The summed E-state index contributed by atoms with van der Waals surface area (Å²) >= 11 is 5.97. The van der Waals surface area contributed by atoms with E-state index in [0.717, 1.165) is 10.9 Å². The molecule has 0 saturated carbocycles. The van der Waals surface area contributed by atoms with Gasteiger partial charge < -0.3 is 0 Å². The molecular weight excluding hydrogens is 403 g/mol. The lowest BCUT2D eigenvalue weighted by Gasteiger charge is -2.21. The number of allylic oxidation sites excluding steroid dienone is 1. The molecule has 1 aromatic rings. The molecule has 3 N–H and O–H groups in total. The quantitative estimate of drug-likeness (QED) is 0.328. The molecule has 0 saturated heterocycles. The van der Waals surface area contributed by atoms with Crippen LogP contribution in [0.4, 0.5) is 0 Å². The van der Waals surface area contributed by atoms with Crippen LogP contribution in [0.2, 0.25) is 0 Å². The van der Waals surface area contributed by atoms with Gasteiger partial charge in [0.15, 0.2) is 0 Å². The molecule has 1 aromatic carbocycles. The Morgan fingerprint density at radius 1 is 1.28 bits per heavy atom. The highest BCUT2D eigenvalue weighted by atomic mass is 127. The zero-order valence-electron chi connectivity index (χ0n) is 10.3. The highest BCUT2D eigenvalue weighted by Gasteiger charge is 2.18. The Hall–Kier alpha value is 0.0900. The molecule has 98 valence electrons. The van der Waals surface area contributed by atoms with E-state index in [2.05, 4.69) is 68.2 Å². The van der Waals surface area contributed by atoms with Crippen LogP contribution in [0.15, 0.2) is 34.3 Å². The molecule has 4 heteroatoms. The second-order valence-electron chi connectivity index (χ2n) is 4.64. The summed E-state index contributed by atoms with van der Waals surface area (Å²) in [5.41, 5.74) is 5.64. The molecule has 18 heavy (non-hydrogen) atoms. The van der Waals surface area contributed by atoms with Crippen molar-refractivity contribution in [3.05, 3.63) is 43.5 Å². The average Bonchev–Trinajstić information content (AvgIpc) is 2.64. The molecule has 1 aliphatic rings. The SMILES string of the molecule is NNC(C1=CCCCCC1)c1cc(I)ccc1Br. The summed E-state index contributed by atoms with van der Waals surface area (Å²) < 4.78 is 2.36. The largest absolute Gasteiger partial charge is 0.271 e. The monoisotopic (exact) mass is 420 g/mol. The Morgan fingerprint density at radius 2 is 2.11 bits per heavy atom. The number of hydrogen-bond donors (Lipinski definition) is 2. The first kappa shape index (κ1) is 14.5. The van der Waals surface area contributed by atoms with Gasteiger partial charge in [0.2, 0.25) is 0 Å². The maximum absolute atomic E-state index is 5.79. The maximum atomic E-state index is 5.79. The maximum Gasteiger partial charge on any atom is 0.0681 e. The molecule has 0 radical (unpaired) electrons. The predicted molar refractivity (Wildman–Crippen MR) is 88.1 cm³/mol. The molecule has 0 heterocycles. The minimum absolute atomic E-state index is 0.132. The molecule has 1 aliphatic carbocycles. The van der Waals surface area contributed by atoms with Crippen LogP contribution in [0.25, 0.3) is 0 Å². The van der Waals surface area contributed by atoms with Crippen molar-refractivity contribution in [2.24, 2.45) is 5.84 Å². The first-order chi connectivity index (χ1) is 8.72. The fourth-order valence-electron chi connectivity index (χ4n) is 2.43. The van der Waals surface area contributed by atoms with Crippen LogP contribution < -0.4 is 11.3 Å². The van der Waals surface area contributed by atoms with E-state index in [9.17, 15) is 0 Å². The van der Waals surface area contributed by atoms with Crippen LogP contribution in [-0.2, 0) is 0 Å². The van der Waals surface area contributed by atoms with E-state index < -0.39 is 0 Å². The molecule has 2 rings (SSSR count). The Labute approximate surface area is 131 Å². The minimum atomic E-state index is 0.132. The van der Waals surface area contributed by atoms with Crippen LogP contribution in [0.3, 0.4) is 0 Å². The summed E-state index contributed by atoms with van der Waals surface area (Å²) in [6.07, 6.45) is 8.58. The van der Waals surface area contributed by atoms with E-state index in [4.69, 9.17) is 5.84 Å². The van der Waals surface area contributed by atoms with Crippen molar-refractivity contribution in [2.75, 3.05) is 0 Å². The van der Waals surface area contributed by atoms with Gasteiger partial charge in [-0.2, -0.15) is 0 Å². The number of nitrogens with one attached hydrogen (secondary N) is 1. The lowest BCUT2D eigenvalue weighted by molar-refractivity contribution is 0.591. The molecule has 0 fully saturated rings.